The highest BCUT2D eigenvalue weighted by atomic mass is 14.7. The van der Waals surface area contributed by atoms with Crippen LogP contribution in [0.1, 0.15) is 64.6 Å². The largest absolute Gasteiger partial charge is 0.256 e. The molecular weight excluding hydrogens is 278 g/mol. The van der Waals surface area contributed by atoms with Gasteiger partial charge in [0.25, 0.3) is 0 Å². The van der Waals surface area contributed by atoms with Gasteiger partial charge >= 0.3 is 0 Å². The van der Waals surface area contributed by atoms with E-state index in [0.29, 0.717) is 23.2 Å². The van der Waals surface area contributed by atoms with Crippen molar-refractivity contribution in [2.24, 2.45) is 10.8 Å². The maximum atomic E-state index is 8.80. The van der Waals surface area contributed by atoms with Crippen molar-refractivity contribution in [1.29, 1.82) is 0 Å². The van der Waals surface area contributed by atoms with Crippen molar-refractivity contribution in [3.8, 4) is 11.3 Å². The van der Waals surface area contributed by atoms with Gasteiger partial charge in [0.1, 0.15) is 0 Å². The van der Waals surface area contributed by atoms with Crippen LogP contribution >= 0.6 is 0 Å². The SMILES string of the molecule is [2H]C([2H])(CC(C)(C)C)c1cnc(-c2ccccc2)cc1C([2H])([2H])C(C)(C)C. The van der Waals surface area contributed by atoms with E-state index in [1.54, 1.807) is 6.07 Å². The maximum Gasteiger partial charge on any atom is 0.0704 e. The summed E-state index contributed by atoms with van der Waals surface area (Å²) >= 11 is 0. The number of aromatic nitrogens is 1. The Morgan fingerprint density at radius 2 is 1.57 bits per heavy atom. The number of aryl methyl sites for hydroxylation is 1. The van der Waals surface area contributed by atoms with Gasteiger partial charge in [-0.25, -0.2) is 0 Å². The molecule has 0 spiro atoms. The lowest BCUT2D eigenvalue weighted by atomic mass is 9.83. The molecule has 0 amide bonds. The molecule has 1 nitrogen and oxygen atoms in total. The molecule has 2 aromatic rings. The Morgan fingerprint density at radius 3 is 2.13 bits per heavy atom. The van der Waals surface area contributed by atoms with E-state index >= 15 is 0 Å². The number of rotatable bonds is 4. The third-order valence-corrected chi connectivity index (χ3v) is 3.29. The van der Waals surface area contributed by atoms with Crippen LogP contribution in [0.25, 0.3) is 11.3 Å². The van der Waals surface area contributed by atoms with Crippen molar-refractivity contribution in [2.45, 2.75) is 60.7 Å². The average molecular weight is 314 g/mol. The van der Waals surface area contributed by atoms with E-state index in [4.69, 9.17) is 5.48 Å². The fraction of sp³-hybridized carbons (Fsp3) is 0.500. The summed E-state index contributed by atoms with van der Waals surface area (Å²) in [6, 6.07) is 11.4. The summed E-state index contributed by atoms with van der Waals surface area (Å²) in [4.78, 5) is 4.49. The van der Waals surface area contributed by atoms with Gasteiger partial charge in [-0.15, -0.1) is 0 Å². The molecule has 1 aromatic heterocycles. The van der Waals surface area contributed by atoms with E-state index in [1.807, 2.05) is 71.9 Å². The van der Waals surface area contributed by atoms with Gasteiger partial charge in [-0.2, -0.15) is 0 Å². The molecule has 0 aliphatic heterocycles. The van der Waals surface area contributed by atoms with Crippen molar-refractivity contribution in [3.05, 3.63) is 53.7 Å². The summed E-state index contributed by atoms with van der Waals surface area (Å²) in [6.45, 7) is 11.5. The smallest absolute Gasteiger partial charge is 0.0704 e. The second-order valence-electron chi connectivity index (χ2n) is 8.27. The van der Waals surface area contributed by atoms with E-state index in [9.17, 15) is 0 Å². The molecule has 0 bridgehead atoms. The van der Waals surface area contributed by atoms with Crippen LogP contribution in [0.4, 0.5) is 0 Å². The lowest BCUT2D eigenvalue weighted by Gasteiger charge is -2.23. The molecule has 0 fully saturated rings. The van der Waals surface area contributed by atoms with Crippen molar-refractivity contribution in [3.63, 3.8) is 0 Å². The first-order valence-corrected chi connectivity index (χ1v) is 8.22. The molecule has 2 rings (SSSR count). The molecule has 1 heterocycles. The molecule has 1 heteroatoms. The Morgan fingerprint density at radius 1 is 0.913 bits per heavy atom. The highest BCUT2D eigenvalue weighted by molar-refractivity contribution is 5.60. The normalized spacial score (nSPS) is 16.3. The van der Waals surface area contributed by atoms with E-state index in [1.165, 1.54) is 6.20 Å². The summed E-state index contributed by atoms with van der Waals surface area (Å²) in [5.41, 5.74) is 1.37. The Balaban J connectivity index is 2.71. The summed E-state index contributed by atoms with van der Waals surface area (Å²) < 4.78 is 35.0. The Kier molecular flexibility index (Phi) is 3.81. The lowest BCUT2D eigenvalue weighted by molar-refractivity contribution is 0.374. The third kappa shape index (κ3) is 5.82. The van der Waals surface area contributed by atoms with Crippen LogP contribution in [0.2, 0.25) is 0 Å². The van der Waals surface area contributed by atoms with Crippen LogP contribution in [0.5, 0.6) is 0 Å². The van der Waals surface area contributed by atoms with Gasteiger partial charge in [0.05, 0.1) is 5.69 Å². The van der Waals surface area contributed by atoms with Gasteiger partial charge in [-0.05, 0) is 47.2 Å². The Labute approximate surface area is 147 Å². The second-order valence-corrected chi connectivity index (χ2v) is 8.27. The first kappa shape index (κ1) is 12.8. The van der Waals surface area contributed by atoms with Crippen LogP contribution in [0, 0.1) is 10.8 Å². The minimum atomic E-state index is -1.71. The predicted octanol–water partition coefficient (Wildman–Crippen LogP) is 6.32. The van der Waals surface area contributed by atoms with Gasteiger partial charge in [-0.1, -0.05) is 71.9 Å². The average Bonchev–Trinajstić information content (AvgIpc) is 2.52. The lowest BCUT2D eigenvalue weighted by Crippen LogP contribution is -2.13. The minimum Gasteiger partial charge on any atom is -0.256 e. The van der Waals surface area contributed by atoms with E-state index < -0.39 is 18.2 Å². The molecule has 0 saturated carbocycles. The van der Waals surface area contributed by atoms with E-state index in [-0.39, 0.29) is 5.41 Å². The van der Waals surface area contributed by atoms with Gasteiger partial charge in [0, 0.05) is 17.2 Å². The van der Waals surface area contributed by atoms with Crippen molar-refractivity contribution in [1.82, 2.24) is 4.98 Å². The molecule has 0 N–H and O–H groups in total. The molecule has 1 aromatic carbocycles. The number of pyridine rings is 1. The number of hydrogen-bond donors (Lipinski definition) is 0. The number of hydrogen-bond acceptors (Lipinski definition) is 1. The summed E-state index contributed by atoms with van der Waals surface area (Å²) in [5, 5.41) is 0. The van der Waals surface area contributed by atoms with E-state index in [0.717, 1.165) is 5.56 Å². The van der Waals surface area contributed by atoms with Crippen LogP contribution in [-0.2, 0) is 12.7 Å². The van der Waals surface area contributed by atoms with Crippen molar-refractivity contribution >= 4 is 0 Å². The quantitative estimate of drug-likeness (QED) is 0.644. The zero-order valence-electron chi connectivity index (χ0n) is 19.2. The molecule has 0 unspecified atom stereocenters. The first-order valence-electron chi connectivity index (χ1n) is 10.2. The molecule has 0 radical (unpaired) electrons. The van der Waals surface area contributed by atoms with Gasteiger partial charge < -0.3 is 0 Å². The second kappa shape index (κ2) is 6.86. The van der Waals surface area contributed by atoms with Crippen molar-refractivity contribution in [2.75, 3.05) is 0 Å². The summed E-state index contributed by atoms with van der Waals surface area (Å²) in [6.07, 6.45) is -1.55. The van der Waals surface area contributed by atoms with Crippen LogP contribution < -0.4 is 0 Å². The van der Waals surface area contributed by atoms with Crippen LogP contribution in [-0.4, -0.2) is 4.98 Å². The predicted molar refractivity (Wildman–Crippen MR) is 101 cm³/mol. The minimum absolute atomic E-state index is 0.229. The van der Waals surface area contributed by atoms with E-state index in [2.05, 4.69) is 4.98 Å². The molecule has 0 aliphatic carbocycles. The molecule has 0 saturated heterocycles. The molecule has 0 aliphatic rings. The van der Waals surface area contributed by atoms with Gasteiger partial charge in [0.15, 0.2) is 0 Å². The molecule has 23 heavy (non-hydrogen) atoms. The van der Waals surface area contributed by atoms with Crippen molar-refractivity contribution < 1.29 is 5.48 Å². The first-order chi connectivity index (χ1) is 12.2. The third-order valence-electron chi connectivity index (χ3n) is 3.29. The maximum absolute atomic E-state index is 8.80. The Hall–Kier alpha value is -1.63. The molecular formula is C22H31N. The zero-order chi connectivity index (χ0) is 20.7. The number of benzene rings is 1. The fourth-order valence-electron chi connectivity index (χ4n) is 2.23. The Bertz CT molecular complexity index is 784. The zero-order valence-corrected chi connectivity index (χ0v) is 15.2. The van der Waals surface area contributed by atoms with Crippen LogP contribution in [0.15, 0.2) is 42.6 Å². The molecule has 0 atom stereocenters. The van der Waals surface area contributed by atoms with Gasteiger partial charge in [0.2, 0.25) is 0 Å². The fourth-order valence-corrected chi connectivity index (χ4v) is 2.23. The highest BCUT2D eigenvalue weighted by Gasteiger charge is 2.17. The topological polar surface area (TPSA) is 12.9 Å². The van der Waals surface area contributed by atoms with Gasteiger partial charge in [-0.3, -0.25) is 4.98 Å². The monoisotopic (exact) mass is 313 g/mol. The highest BCUT2D eigenvalue weighted by Crippen LogP contribution is 2.29. The van der Waals surface area contributed by atoms with Crippen LogP contribution in [0.3, 0.4) is 0 Å². The summed E-state index contributed by atoms with van der Waals surface area (Å²) in [7, 11) is 0. The summed E-state index contributed by atoms with van der Waals surface area (Å²) in [5.74, 6) is 0. The molecule has 124 valence electrons. The number of nitrogens with zero attached hydrogens (tertiary/aromatic N) is 1. The standard InChI is InChI=1S/C22H31N/c1-21(2,3)13-12-18-16-23-20(17-10-8-7-9-11-17)14-19(18)15-22(4,5)6/h7-11,14,16H,12-13,15H2,1-6H3/i12D2,15D2.